The number of nitrogens with zero attached hydrogens (tertiary/aromatic N) is 1. The minimum atomic E-state index is -0.871. The Balaban J connectivity index is 2.50. The molecule has 7 nitrogen and oxygen atoms in total. The van der Waals surface area contributed by atoms with E-state index in [0.29, 0.717) is 24.2 Å². The van der Waals surface area contributed by atoms with E-state index >= 15 is 0 Å². The average Bonchev–Trinajstić information content (AvgIpc) is 2.79. The van der Waals surface area contributed by atoms with Crippen LogP contribution in [0, 0.1) is 5.82 Å². The summed E-state index contributed by atoms with van der Waals surface area (Å²) >= 11 is 7.14. The molecule has 180 valence electrons. The van der Waals surface area contributed by atoms with Gasteiger partial charge in [0, 0.05) is 22.5 Å². The highest BCUT2D eigenvalue weighted by molar-refractivity contribution is 8.00. The van der Waals surface area contributed by atoms with E-state index in [1.165, 1.54) is 6.07 Å². The van der Waals surface area contributed by atoms with E-state index in [4.69, 9.17) is 21.1 Å². The van der Waals surface area contributed by atoms with Crippen LogP contribution in [0.1, 0.15) is 52.9 Å². The first-order chi connectivity index (χ1) is 15.7. The molecular weight excluding hydrogens is 473 g/mol. The van der Waals surface area contributed by atoms with E-state index in [0.717, 1.165) is 22.7 Å². The number of thioether (sulfide) groups is 1. The van der Waals surface area contributed by atoms with Crippen LogP contribution in [0.25, 0.3) is 0 Å². The zero-order valence-corrected chi connectivity index (χ0v) is 20.4. The van der Waals surface area contributed by atoms with Crippen molar-refractivity contribution < 1.29 is 33.0 Å². The summed E-state index contributed by atoms with van der Waals surface area (Å²) in [6, 6.07) is 2.26. The van der Waals surface area contributed by atoms with Crippen LogP contribution in [-0.2, 0) is 28.7 Å². The minimum Gasteiger partial charge on any atom is -0.465 e. The van der Waals surface area contributed by atoms with Gasteiger partial charge in [-0.25, -0.2) is 14.1 Å². The van der Waals surface area contributed by atoms with Crippen molar-refractivity contribution in [1.29, 1.82) is 0 Å². The van der Waals surface area contributed by atoms with Gasteiger partial charge in [-0.15, -0.1) is 11.8 Å². The third-order valence-corrected chi connectivity index (χ3v) is 6.35. The lowest BCUT2D eigenvalue weighted by Gasteiger charge is -2.26. The van der Waals surface area contributed by atoms with Gasteiger partial charge in [-0.05, 0) is 51.7 Å². The Morgan fingerprint density at radius 1 is 1.03 bits per heavy atom. The molecule has 0 aliphatic heterocycles. The highest BCUT2D eigenvalue weighted by atomic mass is 35.5. The van der Waals surface area contributed by atoms with Crippen molar-refractivity contribution in [2.75, 3.05) is 23.9 Å². The second kappa shape index (κ2) is 12.7. The van der Waals surface area contributed by atoms with Gasteiger partial charge in [0.2, 0.25) is 5.91 Å². The second-order valence-electron chi connectivity index (χ2n) is 7.10. The predicted octanol–water partition coefficient (Wildman–Crippen LogP) is 4.84. The normalized spacial score (nSPS) is 13.5. The van der Waals surface area contributed by atoms with Crippen LogP contribution in [0.3, 0.4) is 0 Å². The molecular formula is C23H27ClFNO6S. The van der Waals surface area contributed by atoms with E-state index in [-0.39, 0.29) is 53.7 Å². The summed E-state index contributed by atoms with van der Waals surface area (Å²) in [5, 5.41) is 0.0333. The fraction of sp³-hybridized carbons (Fsp3) is 0.478. The predicted molar refractivity (Wildman–Crippen MR) is 124 cm³/mol. The third-order valence-electron chi connectivity index (χ3n) is 4.90. The maximum Gasteiger partial charge on any atom is 0.334 e. The zero-order valence-electron chi connectivity index (χ0n) is 18.9. The molecule has 0 bridgehead atoms. The van der Waals surface area contributed by atoms with Gasteiger partial charge in [0.15, 0.2) is 0 Å². The molecule has 0 N–H and O–H groups in total. The Morgan fingerprint density at radius 2 is 1.67 bits per heavy atom. The molecule has 0 atom stereocenters. The number of carbonyl (C=O) groups excluding carboxylic acids is 4. The number of rotatable bonds is 9. The molecule has 10 heteroatoms. The fourth-order valence-electron chi connectivity index (χ4n) is 3.37. The van der Waals surface area contributed by atoms with Crippen molar-refractivity contribution >= 4 is 52.8 Å². The lowest BCUT2D eigenvalue weighted by atomic mass is 9.90. The first kappa shape index (κ1) is 26.9. The standard InChI is InChI=1S/C23H27ClFNO6S/c1-4-20(27)26(22(29)14-9-7-8-10-15(14)23(30)32-6-3)18-12-19(16(24)11-17(18)25)33-13-21(28)31-5-2/h11-12H,4-10,13H2,1-3H3. The van der Waals surface area contributed by atoms with E-state index in [9.17, 15) is 23.6 Å². The summed E-state index contributed by atoms with van der Waals surface area (Å²) in [5.74, 6) is -3.42. The van der Waals surface area contributed by atoms with Gasteiger partial charge in [-0.3, -0.25) is 14.4 Å². The maximum atomic E-state index is 15.0. The Kier molecular flexibility index (Phi) is 10.4. The maximum absolute atomic E-state index is 15.0. The van der Waals surface area contributed by atoms with Crippen LogP contribution in [0.5, 0.6) is 0 Å². The van der Waals surface area contributed by atoms with E-state index in [1.807, 2.05) is 0 Å². The van der Waals surface area contributed by atoms with Crippen molar-refractivity contribution in [3.63, 3.8) is 0 Å². The fourth-order valence-corrected chi connectivity index (χ4v) is 4.44. The number of hydrogen-bond acceptors (Lipinski definition) is 7. The molecule has 1 aliphatic rings. The van der Waals surface area contributed by atoms with Crippen LogP contribution in [-0.4, -0.2) is 42.7 Å². The number of anilines is 1. The number of hydrogen-bond donors (Lipinski definition) is 0. The first-order valence-corrected chi connectivity index (χ1v) is 12.1. The SMILES string of the molecule is CCOC(=O)CSc1cc(N(C(=O)CC)C(=O)C2=C(C(=O)OCC)CCCC2)c(F)cc1Cl. The van der Waals surface area contributed by atoms with Crippen molar-refractivity contribution in [3.05, 3.63) is 34.1 Å². The highest BCUT2D eigenvalue weighted by Gasteiger charge is 2.33. The van der Waals surface area contributed by atoms with Gasteiger partial charge in [-0.2, -0.15) is 0 Å². The lowest BCUT2D eigenvalue weighted by molar-refractivity contribution is -0.140. The summed E-state index contributed by atoms with van der Waals surface area (Å²) in [4.78, 5) is 51.4. The van der Waals surface area contributed by atoms with Gasteiger partial charge >= 0.3 is 11.9 Å². The zero-order chi connectivity index (χ0) is 24.5. The summed E-state index contributed by atoms with van der Waals surface area (Å²) in [6.45, 7) is 5.25. The number of imide groups is 1. The van der Waals surface area contributed by atoms with Gasteiger partial charge in [0.1, 0.15) is 5.82 Å². The van der Waals surface area contributed by atoms with Gasteiger partial charge in [0.25, 0.3) is 5.91 Å². The molecule has 1 aliphatic carbocycles. The second-order valence-corrected chi connectivity index (χ2v) is 8.52. The number of amides is 2. The van der Waals surface area contributed by atoms with Crippen LogP contribution < -0.4 is 4.90 Å². The quantitative estimate of drug-likeness (QED) is 0.355. The smallest absolute Gasteiger partial charge is 0.334 e. The third kappa shape index (κ3) is 6.80. The van der Waals surface area contributed by atoms with Crippen molar-refractivity contribution in [1.82, 2.24) is 0 Å². The Labute approximate surface area is 201 Å². The number of benzene rings is 1. The lowest BCUT2D eigenvalue weighted by Crippen LogP contribution is -2.39. The number of halogens is 2. The molecule has 2 amide bonds. The number of carbonyl (C=O) groups is 4. The molecule has 2 rings (SSSR count). The summed E-state index contributed by atoms with van der Waals surface area (Å²) < 4.78 is 24.9. The molecule has 0 saturated heterocycles. The average molecular weight is 500 g/mol. The molecule has 1 aromatic carbocycles. The molecule has 0 radical (unpaired) electrons. The summed E-state index contributed by atoms with van der Waals surface area (Å²) in [7, 11) is 0. The van der Waals surface area contributed by atoms with Gasteiger partial charge < -0.3 is 9.47 Å². The van der Waals surface area contributed by atoms with Crippen LogP contribution >= 0.6 is 23.4 Å². The topological polar surface area (TPSA) is 90.0 Å². The van der Waals surface area contributed by atoms with Gasteiger partial charge in [0.05, 0.1) is 29.7 Å². The Morgan fingerprint density at radius 3 is 2.27 bits per heavy atom. The van der Waals surface area contributed by atoms with E-state index in [1.54, 1.807) is 20.8 Å². The molecule has 0 aromatic heterocycles. The summed E-state index contributed by atoms with van der Waals surface area (Å²) in [5.41, 5.74) is 0.0775. The first-order valence-electron chi connectivity index (χ1n) is 10.8. The van der Waals surface area contributed by atoms with Crippen LogP contribution in [0.4, 0.5) is 10.1 Å². The van der Waals surface area contributed by atoms with E-state index < -0.39 is 29.6 Å². The Bertz CT molecular complexity index is 965. The Hall–Kier alpha value is -2.39. The van der Waals surface area contributed by atoms with Gasteiger partial charge in [-0.1, -0.05) is 18.5 Å². The van der Waals surface area contributed by atoms with Crippen molar-refractivity contribution in [2.24, 2.45) is 0 Å². The molecule has 0 saturated carbocycles. The number of ether oxygens (including phenoxy) is 2. The summed E-state index contributed by atoms with van der Waals surface area (Å²) in [6.07, 6.45) is 1.91. The number of esters is 2. The molecule has 0 fully saturated rings. The molecule has 0 unspecified atom stereocenters. The van der Waals surface area contributed by atoms with Crippen LogP contribution in [0.15, 0.2) is 28.2 Å². The molecule has 1 aromatic rings. The minimum absolute atomic E-state index is 0.0333. The molecule has 33 heavy (non-hydrogen) atoms. The van der Waals surface area contributed by atoms with Crippen LogP contribution in [0.2, 0.25) is 5.02 Å². The highest BCUT2D eigenvalue weighted by Crippen LogP contribution is 2.36. The molecule has 0 spiro atoms. The molecule has 0 heterocycles. The van der Waals surface area contributed by atoms with Crippen molar-refractivity contribution in [3.8, 4) is 0 Å². The van der Waals surface area contributed by atoms with E-state index in [2.05, 4.69) is 0 Å². The monoisotopic (exact) mass is 499 g/mol. The largest absolute Gasteiger partial charge is 0.465 e. The van der Waals surface area contributed by atoms with Crippen molar-refractivity contribution in [2.45, 2.75) is 57.8 Å².